The van der Waals surface area contributed by atoms with Crippen LogP contribution in [-0.4, -0.2) is 22.9 Å². The highest BCUT2D eigenvalue weighted by molar-refractivity contribution is 5.89. The maximum atomic E-state index is 11.8. The van der Waals surface area contributed by atoms with E-state index in [1.807, 2.05) is 50.6 Å². The Morgan fingerprint density at radius 2 is 2.00 bits per heavy atom. The molecular weight excluding hydrogens is 266 g/mol. The standard InChI is InChI=1S/C15H21N5O/c1-11(16-2)12-4-6-13(7-5-12)18-15(21)17-10-14-8-9-20(3)19-14/h4-9,11,16H,10H2,1-3H3,(H2,17,18,21). The summed E-state index contributed by atoms with van der Waals surface area (Å²) in [4.78, 5) is 11.8. The predicted octanol–water partition coefficient (Wildman–Crippen LogP) is 2.02. The first-order valence-electron chi connectivity index (χ1n) is 6.89. The minimum atomic E-state index is -0.241. The first-order chi connectivity index (χ1) is 10.1. The summed E-state index contributed by atoms with van der Waals surface area (Å²) in [5.41, 5.74) is 2.77. The fourth-order valence-electron chi connectivity index (χ4n) is 1.93. The van der Waals surface area contributed by atoms with Crippen LogP contribution in [0.3, 0.4) is 0 Å². The molecule has 1 aromatic heterocycles. The zero-order chi connectivity index (χ0) is 15.2. The van der Waals surface area contributed by atoms with E-state index < -0.39 is 0 Å². The normalized spacial score (nSPS) is 12.0. The summed E-state index contributed by atoms with van der Waals surface area (Å²) in [5, 5.41) is 12.9. The number of hydrogen-bond donors (Lipinski definition) is 3. The van der Waals surface area contributed by atoms with Crippen molar-refractivity contribution in [2.45, 2.75) is 19.5 Å². The van der Waals surface area contributed by atoms with E-state index in [-0.39, 0.29) is 12.1 Å². The number of carbonyl (C=O) groups is 1. The molecule has 0 aliphatic rings. The summed E-state index contributed by atoms with van der Waals surface area (Å²) in [6, 6.07) is 9.69. The van der Waals surface area contributed by atoms with Gasteiger partial charge < -0.3 is 16.0 Å². The Labute approximate surface area is 124 Å². The van der Waals surface area contributed by atoms with Crippen LogP contribution in [0.2, 0.25) is 0 Å². The molecule has 6 heteroatoms. The molecule has 0 aliphatic carbocycles. The summed E-state index contributed by atoms with van der Waals surface area (Å²) in [7, 11) is 3.76. The number of rotatable bonds is 5. The molecular formula is C15H21N5O. The third-order valence-corrected chi connectivity index (χ3v) is 3.30. The molecule has 0 bridgehead atoms. The van der Waals surface area contributed by atoms with Crippen LogP contribution in [0.1, 0.15) is 24.2 Å². The van der Waals surface area contributed by atoms with Crippen molar-refractivity contribution < 1.29 is 4.79 Å². The number of nitrogens with one attached hydrogen (secondary N) is 3. The van der Waals surface area contributed by atoms with Crippen LogP contribution in [0.15, 0.2) is 36.5 Å². The van der Waals surface area contributed by atoms with Gasteiger partial charge in [-0.2, -0.15) is 5.10 Å². The Morgan fingerprint density at radius 1 is 1.29 bits per heavy atom. The zero-order valence-electron chi connectivity index (χ0n) is 12.6. The first-order valence-corrected chi connectivity index (χ1v) is 6.89. The average Bonchev–Trinajstić information content (AvgIpc) is 2.91. The van der Waals surface area contributed by atoms with E-state index in [4.69, 9.17) is 0 Å². The monoisotopic (exact) mass is 287 g/mol. The van der Waals surface area contributed by atoms with Gasteiger partial charge in [0, 0.05) is 25.0 Å². The highest BCUT2D eigenvalue weighted by atomic mass is 16.2. The van der Waals surface area contributed by atoms with Gasteiger partial charge in [0.05, 0.1) is 12.2 Å². The fraction of sp³-hybridized carbons (Fsp3) is 0.333. The Balaban J connectivity index is 1.84. The lowest BCUT2D eigenvalue weighted by atomic mass is 10.1. The van der Waals surface area contributed by atoms with E-state index in [0.717, 1.165) is 11.4 Å². The van der Waals surface area contributed by atoms with Crippen LogP contribution in [0.25, 0.3) is 0 Å². The Kier molecular flexibility index (Phi) is 4.94. The van der Waals surface area contributed by atoms with E-state index in [0.29, 0.717) is 6.54 Å². The van der Waals surface area contributed by atoms with Crippen LogP contribution in [0, 0.1) is 0 Å². The second-order valence-electron chi connectivity index (χ2n) is 4.92. The van der Waals surface area contributed by atoms with Crippen LogP contribution in [0.4, 0.5) is 10.5 Å². The molecule has 21 heavy (non-hydrogen) atoms. The van der Waals surface area contributed by atoms with E-state index in [9.17, 15) is 4.79 Å². The van der Waals surface area contributed by atoms with Crippen LogP contribution < -0.4 is 16.0 Å². The summed E-state index contributed by atoms with van der Waals surface area (Å²) in [6.45, 7) is 2.49. The van der Waals surface area contributed by atoms with Gasteiger partial charge in [0.25, 0.3) is 0 Å². The average molecular weight is 287 g/mol. The number of benzene rings is 1. The minimum absolute atomic E-state index is 0.241. The maximum absolute atomic E-state index is 11.8. The third kappa shape index (κ3) is 4.32. The number of anilines is 1. The molecule has 0 radical (unpaired) electrons. The predicted molar refractivity (Wildman–Crippen MR) is 83.0 cm³/mol. The Hall–Kier alpha value is -2.34. The van der Waals surface area contributed by atoms with Crippen molar-refractivity contribution in [2.75, 3.05) is 12.4 Å². The van der Waals surface area contributed by atoms with Crippen molar-refractivity contribution in [1.29, 1.82) is 0 Å². The second-order valence-corrected chi connectivity index (χ2v) is 4.92. The van der Waals surface area contributed by atoms with Gasteiger partial charge in [0.15, 0.2) is 0 Å². The number of urea groups is 1. The van der Waals surface area contributed by atoms with E-state index >= 15 is 0 Å². The third-order valence-electron chi connectivity index (χ3n) is 3.30. The van der Waals surface area contributed by atoms with Crippen molar-refractivity contribution in [1.82, 2.24) is 20.4 Å². The quantitative estimate of drug-likeness (QED) is 0.788. The van der Waals surface area contributed by atoms with Gasteiger partial charge in [-0.3, -0.25) is 4.68 Å². The van der Waals surface area contributed by atoms with Gasteiger partial charge in [0.2, 0.25) is 0 Å². The van der Waals surface area contributed by atoms with Gasteiger partial charge in [-0.1, -0.05) is 12.1 Å². The van der Waals surface area contributed by atoms with Crippen LogP contribution in [-0.2, 0) is 13.6 Å². The van der Waals surface area contributed by atoms with Gasteiger partial charge in [-0.15, -0.1) is 0 Å². The Morgan fingerprint density at radius 3 is 2.57 bits per heavy atom. The van der Waals surface area contributed by atoms with Crippen molar-refractivity contribution in [2.24, 2.45) is 7.05 Å². The summed E-state index contributed by atoms with van der Waals surface area (Å²) >= 11 is 0. The number of carbonyl (C=O) groups excluding carboxylic acids is 1. The molecule has 1 heterocycles. The number of nitrogens with zero attached hydrogens (tertiary/aromatic N) is 2. The van der Waals surface area contributed by atoms with E-state index in [1.54, 1.807) is 4.68 Å². The number of aryl methyl sites for hydroxylation is 1. The minimum Gasteiger partial charge on any atom is -0.332 e. The molecule has 0 spiro atoms. The lowest BCUT2D eigenvalue weighted by Gasteiger charge is -2.11. The van der Waals surface area contributed by atoms with Gasteiger partial charge >= 0.3 is 6.03 Å². The topological polar surface area (TPSA) is 71.0 Å². The molecule has 1 atom stereocenters. The van der Waals surface area contributed by atoms with Crippen molar-refractivity contribution in [3.05, 3.63) is 47.8 Å². The molecule has 6 nitrogen and oxygen atoms in total. The molecule has 112 valence electrons. The molecule has 0 saturated carbocycles. The fourth-order valence-corrected chi connectivity index (χ4v) is 1.93. The molecule has 0 aliphatic heterocycles. The summed E-state index contributed by atoms with van der Waals surface area (Å²) < 4.78 is 1.70. The highest BCUT2D eigenvalue weighted by Gasteiger charge is 2.05. The van der Waals surface area contributed by atoms with Crippen molar-refractivity contribution >= 4 is 11.7 Å². The smallest absolute Gasteiger partial charge is 0.319 e. The molecule has 2 rings (SSSR count). The Bertz CT molecular complexity index is 590. The van der Waals surface area contributed by atoms with Gasteiger partial charge in [-0.25, -0.2) is 4.79 Å². The lowest BCUT2D eigenvalue weighted by molar-refractivity contribution is 0.251. The first kappa shape index (κ1) is 15.1. The molecule has 3 N–H and O–H groups in total. The molecule has 1 unspecified atom stereocenters. The van der Waals surface area contributed by atoms with Crippen molar-refractivity contribution in [3.8, 4) is 0 Å². The van der Waals surface area contributed by atoms with Crippen LogP contribution >= 0.6 is 0 Å². The van der Waals surface area contributed by atoms with E-state index in [1.165, 1.54) is 5.56 Å². The molecule has 0 saturated heterocycles. The summed E-state index contributed by atoms with van der Waals surface area (Å²) in [6.07, 6.45) is 1.84. The van der Waals surface area contributed by atoms with E-state index in [2.05, 4.69) is 28.0 Å². The summed E-state index contributed by atoms with van der Waals surface area (Å²) in [5.74, 6) is 0. The van der Waals surface area contributed by atoms with Gasteiger partial charge in [-0.05, 0) is 37.7 Å². The maximum Gasteiger partial charge on any atom is 0.319 e. The molecule has 2 amide bonds. The van der Waals surface area contributed by atoms with Crippen LogP contribution in [0.5, 0.6) is 0 Å². The SMILES string of the molecule is CNC(C)c1ccc(NC(=O)NCc2ccn(C)n2)cc1. The highest BCUT2D eigenvalue weighted by Crippen LogP contribution is 2.15. The number of aromatic nitrogens is 2. The molecule has 0 fully saturated rings. The van der Waals surface area contributed by atoms with Crippen molar-refractivity contribution in [3.63, 3.8) is 0 Å². The largest absolute Gasteiger partial charge is 0.332 e. The van der Waals surface area contributed by atoms with Gasteiger partial charge in [0.1, 0.15) is 0 Å². The lowest BCUT2D eigenvalue weighted by Crippen LogP contribution is -2.28. The number of amides is 2. The molecule has 1 aromatic carbocycles. The number of hydrogen-bond acceptors (Lipinski definition) is 3. The zero-order valence-corrected chi connectivity index (χ0v) is 12.6. The molecule has 2 aromatic rings. The second kappa shape index (κ2) is 6.90.